The van der Waals surface area contributed by atoms with Crippen LogP contribution in [0.4, 0.5) is 11.4 Å². The number of hydrogen-bond donors (Lipinski definition) is 2. The van der Waals surface area contributed by atoms with Gasteiger partial charge in [0.05, 0.1) is 16.2 Å². The minimum absolute atomic E-state index is 0.0700. The monoisotopic (exact) mass is 303 g/mol. The Morgan fingerprint density at radius 2 is 2.05 bits per heavy atom. The maximum absolute atomic E-state index is 11.3. The Hall–Kier alpha value is -2.20. The van der Waals surface area contributed by atoms with Gasteiger partial charge < -0.3 is 10.0 Å². The summed E-state index contributed by atoms with van der Waals surface area (Å²) in [4.78, 5) is 21.5. The van der Waals surface area contributed by atoms with E-state index in [9.17, 15) is 23.3 Å². The summed E-state index contributed by atoms with van der Waals surface area (Å²) in [5.41, 5.74) is -0.238. The van der Waals surface area contributed by atoms with Crippen LogP contribution < -0.4 is 10.0 Å². The Morgan fingerprint density at radius 1 is 1.45 bits per heavy atom. The molecule has 1 rings (SSSR count). The fourth-order valence-electron chi connectivity index (χ4n) is 1.45. The summed E-state index contributed by atoms with van der Waals surface area (Å²) in [6, 6.07) is 3.16. The maximum Gasteiger partial charge on any atom is 0.305 e. The number of benzene rings is 1. The van der Waals surface area contributed by atoms with Crippen LogP contribution in [0.2, 0.25) is 0 Å². The molecule has 0 amide bonds. The van der Waals surface area contributed by atoms with Crippen molar-refractivity contribution in [1.29, 1.82) is 0 Å². The molecule has 0 saturated heterocycles. The van der Waals surface area contributed by atoms with Gasteiger partial charge in [0.25, 0.3) is 5.69 Å². The van der Waals surface area contributed by atoms with E-state index in [1.54, 1.807) is 0 Å². The van der Waals surface area contributed by atoms with Gasteiger partial charge in [0.1, 0.15) is 0 Å². The predicted molar refractivity (Wildman–Crippen MR) is 70.0 cm³/mol. The number of hydrogen-bond acceptors (Lipinski definition) is 6. The Balaban J connectivity index is 3.22. The highest BCUT2D eigenvalue weighted by Crippen LogP contribution is 2.25. The zero-order valence-electron chi connectivity index (χ0n) is 10.5. The highest BCUT2D eigenvalue weighted by Gasteiger charge is 2.18. The second-order valence-electron chi connectivity index (χ2n) is 4.05. The van der Waals surface area contributed by atoms with E-state index in [4.69, 9.17) is 10.2 Å². The van der Waals surface area contributed by atoms with Crippen LogP contribution in [0.3, 0.4) is 0 Å². The van der Waals surface area contributed by atoms with Crippen molar-refractivity contribution in [1.82, 2.24) is 0 Å². The fourth-order valence-corrected chi connectivity index (χ4v) is 2.02. The zero-order chi connectivity index (χ0) is 15.5. The van der Waals surface area contributed by atoms with Crippen molar-refractivity contribution < 1.29 is 23.2 Å². The molecule has 0 aliphatic carbocycles. The van der Waals surface area contributed by atoms with E-state index in [0.717, 1.165) is 18.2 Å². The summed E-state index contributed by atoms with van der Waals surface area (Å²) in [7, 11) is -2.60. The van der Waals surface area contributed by atoms with E-state index in [-0.39, 0.29) is 18.7 Å². The molecule has 1 aromatic carbocycles. The van der Waals surface area contributed by atoms with Gasteiger partial charge in [-0.1, -0.05) is 0 Å². The molecule has 1 aromatic rings. The van der Waals surface area contributed by atoms with E-state index < -0.39 is 31.5 Å². The number of carboxylic acid groups (broad SMARTS) is 1. The molecule has 10 heteroatoms. The van der Waals surface area contributed by atoms with E-state index in [1.165, 1.54) is 11.9 Å². The normalized spacial score (nSPS) is 11.1. The first-order chi connectivity index (χ1) is 9.11. The van der Waals surface area contributed by atoms with Crippen molar-refractivity contribution >= 4 is 27.4 Å². The van der Waals surface area contributed by atoms with Crippen LogP contribution in [0.5, 0.6) is 0 Å². The SMILES string of the molecule is CN(CCC(=O)O)c1cc([N+](=O)[O-])cc(S(N)(=O)=O)c1. The third kappa shape index (κ3) is 4.17. The summed E-state index contributed by atoms with van der Waals surface area (Å²) in [6.45, 7) is 0.0700. The molecule has 0 radical (unpaired) electrons. The first-order valence-corrected chi connectivity index (χ1v) is 6.91. The van der Waals surface area contributed by atoms with Crippen LogP contribution >= 0.6 is 0 Å². The van der Waals surface area contributed by atoms with E-state index in [1.807, 2.05) is 0 Å². The average molecular weight is 303 g/mol. The summed E-state index contributed by atoms with van der Waals surface area (Å²) in [5.74, 6) is -1.03. The molecule has 20 heavy (non-hydrogen) atoms. The van der Waals surface area contributed by atoms with Gasteiger partial charge in [0.15, 0.2) is 0 Å². The van der Waals surface area contributed by atoms with Crippen LogP contribution in [0.1, 0.15) is 6.42 Å². The molecule has 0 saturated carbocycles. The lowest BCUT2D eigenvalue weighted by Crippen LogP contribution is -2.22. The third-order valence-electron chi connectivity index (χ3n) is 2.52. The number of aliphatic carboxylic acids is 1. The van der Waals surface area contributed by atoms with Gasteiger partial charge in [-0.3, -0.25) is 14.9 Å². The number of sulfonamides is 1. The van der Waals surface area contributed by atoms with Crippen LogP contribution in [0.15, 0.2) is 23.1 Å². The Labute approximate surface area is 114 Å². The number of anilines is 1. The van der Waals surface area contributed by atoms with Crippen LogP contribution in [-0.4, -0.2) is 38.0 Å². The molecule has 0 aliphatic heterocycles. The second kappa shape index (κ2) is 5.84. The molecule has 3 N–H and O–H groups in total. The van der Waals surface area contributed by atoms with Gasteiger partial charge in [-0.2, -0.15) is 0 Å². The second-order valence-corrected chi connectivity index (χ2v) is 5.61. The molecule has 0 heterocycles. The summed E-state index contributed by atoms with van der Waals surface area (Å²) in [6.07, 6.45) is -0.191. The number of non-ortho nitro benzene ring substituents is 1. The molecule has 0 fully saturated rings. The van der Waals surface area contributed by atoms with Crippen LogP contribution in [0.25, 0.3) is 0 Å². The average Bonchev–Trinajstić information content (AvgIpc) is 2.34. The largest absolute Gasteiger partial charge is 0.481 e. The number of carboxylic acids is 1. The number of rotatable bonds is 6. The quantitative estimate of drug-likeness (QED) is 0.562. The number of nitro groups is 1. The van der Waals surface area contributed by atoms with Gasteiger partial charge in [0.2, 0.25) is 10.0 Å². The van der Waals surface area contributed by atoms with Gasteiger partial charge in [-0.15, -0.1) is 0 Å². The topological polar surface area (TPSA) is 144 Å². The van der Waals surface area contributed by atoms with Crippen molar-refractivity contribution in [2.45, 2.75) is 11.3 Å². The molecule has 0 aliphatic rings. The van der Waals surface area contributed by atoms with Crippen molar-refractivity contribution in [3.05, 3.63) is 28.3 Å². The van der Waals surface area contributed by atoms with E-state index in [2.05, 4.69) is 0 Å². The molecule has 0 unspecified atom stereocenters. The third-order valence-corrected chi connectivity index (χ3v) is 3.41. The smallest absolute Gasteiger partial charge is 0.305 e. The molecule has 0 bridgehead atoms. The molecular formula is C10H13N3O6S. The number of nitro benzene ring substituents is 1. The maximum atomic E-state index is 11.3. The molecular weight excluding hydrogens is 290 g/mol. The predicted octanol–water partition coefficient (Wildman–Crippen LogP) is 0.153. The Bertz CT molecular complexity index is 642. The van der Waals surface area contributed by atoms with Gasteiger partial charge in [-0.05, 0) is 6.07 Å². The van der Waals surface area contributed by atoms with Crippen molar-refractivity contribution in [3.63, 3.8) is 0 Å². The highest BCUT2D eigenvalue weighted by atomic mass is 32.2. The van der Waals surface area contributed by atoms with Crippen molar-refractivity contribution in [2.24, 2.45) is 5.14 Å². The van der Waals surface area contributed by atoms with Crippen molar-refractivity contribution in [2.75, 3.05) is 18.5 Å². The molecule has 0 spiro atoms. The zero-order valence-corrected chi connectivity index (χ0v) is 11.3. The summed E-state index contributed by atoms with van der Waals surface area (Å²) < 4.78 is 22.6. The lowest BCUT2D eigenvalue weighted by atomic mass is 10.2. The number of carbonyl (C=O) groups is 1. The molecule has 9 nitrogen and oxygen atoms in total. The van der Waals surface area contributed by atoms with Crippen molar-refractivity contribution in [3.8, 4) is 0 Å². The number of nitrogens with zero attached hydrogens (tertiary/aromatic N) is 2. The summed E-state index contributed by atoms with van der Waals surface area (Å²) in [5, 5.41) is 24.3. The minimum atomic E-state index is -4.09. The Morgan fingerprint density at radius 3 is 2.50 bits per heavy atom. The fraction of sp³-hybridized carbons (Fsp3) is 0.300. The van der Waals surface area contributed by atoms with E-state index >= 15 is 0 Å². The van der Waals surface area contributed by atoms with E-state index in [0.29, 0.717) is 0 Å². The molecule has 0 aromatic heterocycles. The van der Waals surface area contributed by atoms with Crippen LogP contribution in [0, 0.1) is 10.1 Å². The van der Waals surface area contributed by atoms with Crippen LogP contribution in [-0.2, 0) is 14.8 Å². The first-order valence-electron chi connectivity index (χ1n) is 5.36. The first kappa shape index (κ1) is 15.9. The molecule has 0 atom stereocenters. The van der Waals surface area contributed by atoms with Gasteiger partial charge in [-0.25, -0.2) is 13.6 Å². The lowest BCUT2D eigenvalue weighted by molar-refractivity contribution is -0.385. The number of nitrogens with two attached hydrogens (primary N) is 1. The number of primary sulfonamides is 1. The minimum Gasteiger partial charge on any atom is -0.481 e. The lowest BCUT2D eigenvalue weighted by Gasteiger charge is -2.18. The Kier molecular flexibility index (Phi) is 4.63. The van der Waals surface area contributed by atoms with Gasteiger partial charge in [0, 0.05) is 31.4 Å². The molecule has 110 valence electrons. The highest BCUT2D eigenvalue weighted by molar-refractivity contribution is 7.89. The standard InChI is InChI=1S/C10H13N3O6S/c1-12(3-2-10(14)15)7-4-8(13(16)17)6-9(5-7)20(11,18)19/h4-6H,2-3H2,1H3,(H,14,15)(H2,11,18,19). The summed E-state index contributed by atoms with van der Waals surface area (Å²) >= 11 is 0. The van der Waals surface area contributed by atoms with Gasteiger partial charge >= 0.3 is 5.97 Å².